The topological polar surface area (TPSA) is 83.6 Å². The summed E-state index contributed by atoms with van der Waals surface area (Å²) in [6, 6.07) is 0. The van der Waals surface area contributed by atoms with Crippen LogP contribution in [0, 0.1) is 12.3 Å². The number of nitrogens with zero attached hydrogens (tertiary/aromatic N) is 3. The molecular formula is C10H7N3O3. The second-order valence-electron chi connectivity index (χ2n) is 3.05. The van der Waals surface area contributed by atoms with E-state index in [1.807, 2.05) is 0 Å². The molecule has 6 nitrogen and oxygen atoms in total. The predicted molar refractivity (Wildman–Crippen MR) is 54.7 cm³/mol. The Morgan fingerprint density at radius 2 is 2.44 bits per heavy atom. The molecule has 0 bridgehead atoms. The molecule has 0 fully saturated rings. The van der Waals surface area contributed by atoms with E-state index in [0.717, 1.165) is 0 Å². The Morgan fingerprint density at radius 3 is 3.12 bits per heavy atom. The Morgan fingerprint density at radius 1 is 1.62 bits per heavy atom. The fourth-order valence-electron chi connectivity index (χ4n) is 1.41. The summed E-state index contributed by atoms with van der Waals surface area (Å²) < 4.78 is 5.24. The van der Waals surface area contributed by atoms with Crippen molar-refractivity contribution in [3.05, 3.63) is 23.4 Å². The van der Waals surface area contributed by atoms with Crippen molar-refractivity contribution in [2.75, 3.05) is 6.61 Å². The molecule has 0 saturated heterocycles. The average Bonchev–Trinajstić information content (AvgIpc) is 2.73. The number of carboxylic acids is 1. The van der Waals surface area contributed by atoms with Crippen LogP contribution in [0.4, 0.5) is 0 Å². The van der Waals surface area contributed by atoms with Crippen molar-refractivity contribution in [2.45, 2.75) is 6.10 Å². The third-order valence-corrected chi connectivity index (χ3v) is 2.10. The van der Waals surface area contributed by atoms with Gasteiger partial charge in [0.15, 0.2) is 0 Å². The first-order valence-corrected chi connectivity index (χ1v) is 4.43. The molecule has 0 aromatic carbocycles. The third kappa shape index (κ3) is 1.64. The van der Waals surface area contributed by atoms with Gasteiger partial charge in [0.1, 0.15) is 24.1 Å². The van der Waals surface area contributed by atoms with E-state index >= 15 is 0 Å². The molecule has 0 aromatic rings. The number of ether oxygens (including phenoxy) is 1. The Labute approximate surface area is 91.0 Å². The Hall–Kier alpha value is -2.26. The van der Waals surface area contributed by atoms with E-state index in [-0.39, 0.29) is 12.2 Å². The SMILES string of the molecule is C#CCOC1C(C(=O)O)=CC=C2N=NN=C21. The largest absolute Gasteiger partial charge is 0.478 e. The number of carbonyl (C=O) groups is 1. The van der Waals surface area contributed by atoms with Gasteiger partial charge in [-0.3, -0.25) is 0 Å². The number of hydrogen-bond donors (Lipinski definition) is 1. The van der Waals surface area contributed by atoms with E-state index in [0.29, 0.717) is 11.4 Å². The Bertz CT molecular complexity index is 494. The maximum absolute atomic E-state index is 11.0. The summed E-state index contributed by atoms with van der Waals surface area (Å²) in [5.74, 6) is 1.20. The number of terminal acetylenes is 1. The van der Waals surface area contributed by atoms with Gasteiger partial charge in [-0.05, 0) is 17.4 Å². The van der Waals surface area contributed by atoms with E-state index in [9.17, 15) is 4.79 Å². The van der Waals surface area contributed by atoms with Crippen LogP contribution < -0.4 is 0 Å². The lowest BCUT2D eigenvalue weighted by molar-refractivity contribution is -0.133. The molecule has 0 aromatic heterocycles. The van der Waals surface area contributed by atoms with Crippen LogP contribution in [0.2, 0.25) is 0 Å². The van der Waals surface area contributed by atoms with Crippen LogP contribution in [-0.2, 0) is 9.53 Å². The molecule has 16 heavy (non-hydrogen) atoms. The van der Waals surface area contributed by atoms with Crippen molar-refractivity contribution in [3.8, 4) is 12.3 Å². The first-order chi connectivity index (χ1) is 7.74. The Kier molecular flexibility index (Phi) is 2.62. The second kappa shape index (κ2) is 4.08. The van der Waals surface area contributed by atoms with E-state index in [4.69, 9.17) is 16.3 Å². The number of carboxylic acid groups (broad SMARTS) is 1. The van der Waals surface area contributed by atoms with Crippen molar-refractivity contribution in [1.29, 1.82) is 0 Å². The van der Waals surface area contributed by atoms with Crippen LogP contribution >= 0.6 is 0 Å². The standard InChI is InChI=1S/C10H7N3O3/c1-2-5-16-9-6(10(14)15)3-4-7-8(9)12-13-11-7/h1,3-4,9H,5H2,(H,14,15). The molecule has 1 aliphatic heterocycles. The molecule has 1 atom stereocenters. The monoisotopic (exact) mass is 217 g/mol. The van der Waals surface area contributed by atoms with Gasteiger partial charge >= 0.3 is 5.97 Å². The maximum atomic E-state index is 11.0. The molecule has 1 N–H and O–H groups in total. The summed E-state index contributed by atoms with van der Waals surface area (Å²) in [4.78, 5) is 11.0. The zero-order valence-electron chi connectivity index (χ0n) is 8.12. The third-order valence-electron chi connectivity index (χ3n) is 2.10. The number of hydrogen-bond acceptors (Lipinski definition) is 5. The summed E-state index contributed by atoms with van der Waals surface area (Å²) >= 11 is 0. The minimum absolute atomic E-state index is 0.00157. The predicted octanol–water partition coefficient (Wildman–Crippen LogP) is 0.735. The van der Waals surface area contributed by atoms with Crippen molar-refractivity contribution in [2.24, 2.45) is 15.4 Å². The van der Waals surface area contributed by atoms with Gasteiger partial charge in [0.25, 0.3) is 0 Å². The molecule has 1 unspecified atom stereocenters. The molecular weight excluding hydrogens is 210 g/mol. The minimum Gasteiger partial charge on any atom is -0.478 e. The van der Waals surface area contributed by atoms with Gasteiger partial charge < -0.3 is 9.84 Å². The van der Waals surface area contributed by atoms with Crippen molar-refractivity contribution in [3.63, 3.8) is 0 Å². The van der Waals surface area contributed by atoms with Crippen LogP contribution in [-0.4, -0.2) is 29.5 Å². The fourth-order valence-corrected chi connectivity index (χ4v) is 1.41. The molecule has 0 radical (unpaired) electrons. The highest BCUT2D eigenvalue weighted by Gasteiger charge is 2.33. The molecule has 6 heteroatoms. The first-order valence-electron chi connectivity index (χ1n) is 4.43. The highest BCUT2D eigenvalue weighted by Crippen LogP contribution is 2.24. The van der Waals surface area contributed by atoms with Gasteiger partial charge in [-0.1, -0.05) is 5.92 Å². The zero-order valence-corrected chi connectivity index (χ0v) is 8.12. The number of rotatable bonds is 3. The van der Waals surface area contributed by atoms with Gasteiger partial charge in [0.2, 0.25) is 0 Å². The lowest BCUT2D eigenvalue weighted by Crippen LogP contribution is -2.32. The summed E-state index contributed by atoms with van der Waals surface area (Å²) in [6.07, 6.45) is 7.21. The molecule has 0 spiro atoms. The molecule has 1 aliphatic carbocycles. The average molecular weight is 217 g/mol. The molecule has 0 saturated carbocycles. The van der Waals surface area contributed by atoms with Crippen molar-refractivity contribution >= 4 is 11.7 Å². The zero-order chi connectivity index (χ0) is 11.5. The van der Waals surface area contributed by atoms with E-state index in [1.54, 1.807) is 0 Å². The van der Waals surface area contributed by atoms with Crippen LogP contribution in [0.15, 0.2) is 38.9 Å². The maximum Gasteiger partial charge on any atom is 0.334 e. The van der Waals surface area contributed by atoms with E-state index < -0.39 is 12.1 Å². The number of fused-ring (bicyclic) bond motifs is 1. The molecule has 0 amide bonds. The first kappa shape index (κ1) is 10.3. The minimum atomic E-state index is -1.08. The van der Waals surface area contributed by atoms with Gasteiger partial charge in [-0.25, -0.2) is 4.79 Å². The highest BCUT2D eigenvalue weighted by atomic mass is 16.5. The lowest BCUT2D eigenvalue weighted by Gasteiger charge is -2.19. The van der Waals surface area contributed by atoms with E-state index in [1.165, 1.54) is 12.2 Å². The summed E-state index contributed by atoms with van der Waals surface area (Å²) in [5.41, 5.74) is 0.965. The normalized spacial score (nSPS) is 21.7. The molecule has 80 valence electrons. The summed E-state index contributed by atoms with van der Waals surface area (Å²) in [5, 5.41) is 19.9. The second-order valence-corrected chi connectivity index (χ2v) is 3.05. The fraction of sp³-hybridized carbons (Fsp3) is 0.200. The molecule has 2 aliphatic rings. The summed E-state index contributed by atoms with van der Waals surface area (Å²) in [6.45, 7) is 0.00157. The number of allylic oxidation sites excluding steroid dienone is 2. The lowest BCUT2D eigenvalue weighted by atomic mass is 9.97. The summed E-state index contributed by atoms with van der Waals surface area (Å²) in [7, 11) is 0. The van der Waals surface area contributed by atoms with Gasteiger partial charge in [0, 0.05) is 0 Å². The van der Waals surface area contributed by atoms with Crippen molar-refractivity contribution in [1.82, 2.24) is 0 Å². The molecule has 1 heterocycles. The van der Waals surface area contributed by atoms with Crippen LogP contribution in [0.3, 0.4) is 0 Å². The van der Waals surface area contributed by atoms with Gasteiger partial charge in [0.05, 0.1) is 5.57 Å². The quantitative estimate of drug-likeness (QED) is 0.707. The van der Waals surface area contributed by atoms with Gasteiger partial charge in [-0.2, -0.15) is 0 Å². The highest BCUT2D eigenvalue weighted by molar-refractivity contribution is 6.12. The van der Waals surface area contributed by atoms with Crippen LogP contribution in [0.5, 0.6) is 0 Å². The number of aliphatic carboxylic acids is 1. The van der Waals surface area contributed by atoms with Crippen LogP contribution in [0.1, 0.15) is 0 Å². The smallest absolute Gasteiger partial charge is 0.334 e. The van der Waals surface area contributed by atoms with Crippen molar-refractivity contribution < 1.29 is 14.6 Å². The Balaban J connectivity index is 2.31. The molecule has 2 rings (SSSR count). The van der Waals surface area contributed by atoms with E-state index in [2.05, 4.69) is 21.4 Å². The van der Waals surface area contributed by atoms with Gasteiger partial charge in [-0.15, -0.1) is 16.6 Å². The van der Waals surface area contributed by atoms with Crippen LogP contribution in [0.25, 0.3) is 0 Å².